The summed E-state index contributed by atoms with van der Waals surface area (Å²) >= 11 is 0. The number of aliphatic imine (C=N–C) groups is 1. The minimum Gasteiger partial charge on any atom is -0.378 e. The molecule has 0 saturated carbocycles. The van der Waals surface area contributed by atoms with Crippen molar-refractivity contribution in [3.63, 3.8) is 0 Å². The largest absolute Gasteiger partial charge is 0.378 e. The molecule has 0 aromatic heterocycles. The molecule has 6 nitrogen and oxygen atoms in total. The zero-order valence-electron chi connectivity index (χ0n) is 17.1. The van der Waals surface area contributed by atoms with Gasteiger partial charge in [0.15, 0.2) is 5.96 Å². The van der Waals surface area contributed by atoms with Crippen molar-refractivity contribution in [3.8, 4) is 0 Å². The number of nitrogens with zero attached hydrogens (tertiary/aromatic N) is 3. The summed E-state index contributed by atoms with van der Waals surface area (Å²) in [5, 5.41) is 3.45. The summed E-state index contributed by atoms with van der Waals surface area (Å²) < 4.78 is 11.6. The monoisotopic (exact) mass is 482 g/mol. The van der Waals surface area contributed by atoms with E-state index in [-0.39, 0.29) is 24.0 Å². The Balaban J connectivity index is 0.00000338. The number of guanidine groups is 1. The number of piperidine rings is 1. The molecule has 0 radical (unpaired) electrons. The van der Waals surface area contributed by atoms with Gasteiger partial charge in [-0.3, -0.25) is 9.89 Å². The molecule has 0 aromatic carbocycles. The Kier molecular flexibility index (Phi) is 12.1. The normalized spacial score (nSPS) is 25.8. The van der Waals surface area contributed by atoms with Crippen LogP contribution in [0.15, 0.2) is 4.99 Å². The molecular formula is C19H39IN4O2. The second kappa shape index (κ2) is 13.1. The average molecular weight is 482 g/mol. The third-order valence-corrected chi connectivity index (χ3v) is 4.87. The molecule has 2 aliphatic heterocycles. The summed E-state index contributed by atoms with van der Waals surface area (Å²) in [6, 6.07) is 0. The van der Waals surface area contributed by atoms with Crippen molar-refractivity contribution >= 4 is 29.9 Å². The van der Waals surface area contributed by atoms with E-state index in [2.05, 4.69) is 42.8 Å². The molecule has 2 heterocycles. The SMILES string of the molecule is CCNC(=NCCCN1CC(C)OC(C)C1)N1CCC(OCC)CC1.I. The number of likely N-dealkylation sites (tertiary alicyclic amines) is 1. The van der Waals surface area contributed by atoms with Crippen molar-refractivity contribution < 1.29 is 9.47 Å². The van der Waals surface area contributed by atoms with Gasteiger partial charge in [0, 0.05) is 52.4 Å². The number of hydrogen-bond acceptors (Lipinski definition) is 4. The van der Waals surface area contributed by atoms with Crippen LogP contribution in [-0.2, 0) is 9.47 Å². The van der Waals surface area contributed by atoms with E-state index in [4.69, 9.17) is 14.5 Å². The lowest BCUT2D eigenvalue weighted by Crippen LogP contribution is -2.47. The Bertz CT molecular complexity index is 393. The van der Waals surface area contributed by atoms with E-state index in [1.165, 1.54) is 0 Å². The highest BCUT2D eigenvalue weighted by molar-refractivity contribution is 14.0. The molecule has 7 heteroatoms. The molecule has 0 spiro atoms. The maximum atomic E-state index is 5.80. The molecule has 2 aliphatic rings. The fourth-order valence-corrected chi connectivity index (χ4v) is 3.84. The predicted octanol–water partition coefficient (Wildman–Crippen LogP) is 2.57. The lowest BCUT2D eigenvalue weighted by atomic mass is 10.1. The van der Waals surface area contributed by atoms with Crippen LogP contribution in [-0.4, -0.2) is 86.5 Å². The first-order chi connectivity index (χ1) is 12.1. The van der Waals surface area contributed by atoms with Gasteiger partial charge in [0.25, 0.3) is 0 Å². The molecule has 2 saturated heterocycles. The van der Waals surface area contributed by atoms with Gasteiger partial charge in [-0.05, 0) is 47.0 Å². The molecule has 154 valence electrons. The first-order valence-electron chi connectivity index (χ1n) is 10.1. The van der Waals surface area contributed by atoms with Crippen LogP contribution in [0.4, 0.5) is 0 Å². The van der Waals surface area contributed by atoms with Crippen LogP contribution < -0.4 is 5.32 Å². The number of halogens is 1. The summed E-state index contributed by atoms with van der Waals surface area (Å²) in [5.41, 5.74) is 0. The summed E-state index contributed by atoms with van der Waals surface area (Å²) in [5.74, 6) is 1.07. The van der Waals surface area contributed by atoms with Crippen molar-refractivity contribution in [2.24, 2.45) is 4.99 Å². The smallest absolute Gasteiger partial charge is 0.193 e. The molecule has 26 heavy (non-hydrogen) atoms. The summed E-state index contributed by atoms with van der Waals surface area (Å²) in [7, 11) is 0. The van der Waals surface area contributed by atoms with E-state index in [0.717, 1.165) is 77.6 Å². The van der Waals surface area contributed by atoms with Gasteiger partial charge < -0.3 is 19.7 Å². The lowest BCUT2D eigenvalue weighted by Gasteiger charge is -2.35. The average Bonchev–Trinajstić information content (AvgIpc) is 2.58. The highest BCUT2D eigenvalue weighted by atomic mass is 127. The molecular weight excluding hydrogens is 443 g/mol. The second-order valence-corrected chi connectivity index (χ2v) is 7.25. The van der Waals surface area contributed by atoms with Crippen LogP contribution in [0.5, 0.6) is 0 Å². The van der Waals surface area contributed by atoms with Crippen LogP contribution in [0.2, 0.25) is 0 Å². The van der Waals surface area contributed by atoms with E-state index < -0.39 is 0 Å². The highest BCUT2D eigenvalue weighted by Gasteiger charge is 2.22. The zero-order chi connectivity index (χ0) is 18.1. The maximum absolute atomic E-state index is 5.80. The number of hydrogen-bond donors (Lipinski definition) is 1. The lowest BCUT2D eigenvalue weighted by molar-refractivity contribution is -0.0679. The van der Waals surface area contributed by atoms with Crippen molar-refractivity contribution in [1.29, 1.82) is 0 Å². The van der Waals surface area contributed by atoms with E-state index in [9.17, 15) is 0 Å². The van der Waals surface area contributed by atoms with Gasteiger partial charge in [-0.2, -0.15) is 0 Å². The van der Waals surface area contributed by atoms with Gasteiger partial charge in [0.2, 0.25) is 0 Å². The Hall–Kier alpha value is -0.120. The molecule has 0 aliphatic carbocycles. The third-order valence-electron chi connectivity index (χ3n) is 4.87. The Morgan fingerprint density at radius 2 is 1.81 bits per heavy atom. The standard InChI is InChI=1S/C19H38N4O2.HI/c1-5-20-19(23-12-8-18(9-13-23)24-6-2)21-10-7-11-22-14-16(3)25-17(4)15-22;/h16-18H,5-15H2,1-4H3,(H,20,21);1H. The molecule has 0 amide bonds. The molecule has 1 N–H and O–H groups in total. The molecule has 2 unspecified atom stereocenters. The number of rotatable bonds is 7. The van der Waals surface area contributed by atoms with Crippen molar-refractivity contribution in [1.82, 2.24) is 15.1 Å². The maximum Gasteiger partial charge on any atom is 0.193 e. The van der Waals surface area contributed by atoms with Crippen molar-refractivity contribution in [2.75, 3.05) is 52.4 Å². The van der Waals surface area contributed by atoms with E-state index in [1.54, 1.807) is 0 Å². The van der Waals surface area contributed by atoms with E-state index in [1.807, 2.05) is 0 Å². The summed E-state index contributed by atoms with van der Waals surface area (Å²) in [6.45, 7) is 16.4. The van der Waals surface area contributed by atoms with Crippen LogP contribution >= 0.6 is 24.0 Å². The molecule has 2 rings (SSSR count). The number of morpholine rings is 1. The van der Waals surface area contributed by atoms with Gasteiger partial charge >= 0.3 is 0 Å². The summed E-state index contributed by atoms with van der Waals surface area (Å²) in [4.78, 5) is 9.76. The van der Waals surface area contributed by atoms with Gasteiger partial charge in [0.1, 0.15) is 0 Å². The fourth-order valence-electron chi connectivity index (χ4n) is 3.84. The van der Waals surface area contributed by atoms with Crippen LogP contribution in [0.1, 0.15) is 47.0 Å². The second-order valence-electron chi connectivity index (χ2n) is 7.25. The summed E-state index contributed by atoms with van der Waals surface area (Å²) in [6.07, 6.45) is 4.41. The Labute approximate surface area is 177 Å². The van der Waals surface area contributed by atoms with E-state index >= 15 is 0 Å². The van der Waals surface area contributed by atoms with Crippen molar-refractivity contribution in [2.45, 2.75) is 65.3 Å². The molecule has 0 bridgehead atoms. The topological polar surface area (TPSA) is 49.3 Å². The first kappa shape index (κ1) is 23.9. The molecule has 2 atom stereocenters. The molecule has 0 aromatic rings. The minimum absolute atomic E-state index is 0. The van der Waals surface area contributed by atoms with Gasteiger partial charge in [-0.15, -0.1) is 24.0 Å². The van der Waals surface area contributed by atoms with Crippen LogP contribution in [0.3, 0.4) is 0 Å². The third kappa shape index (κ3) is 8.27. The molecule has 2 fully saturated rings. The van der Waals surface area contributed by atoms with Crippen LogP contribution in [0.25, 0.3) is 0 Å². The van der Waals surface area contributed by atoms with Gasteiger partial charge in [-0.1, -0.05) is 0 Å². The van der Waals surface area contributed by atoms with Crippen molar-refractivity contribution in [3.05, 3.63) is 0 Å². The van der Waals surface area contributed by atoms with Gasteiger partial charge in [-0.25, -0.2) is 0 Å². The minimum atomic E-state index is 0. The predicted molar refractivity (Wildman–Crippen MR) is 119 cm³/mol. The number of nitrogens with one attached hydrogen (secondary N) is 1. The Morgan fingerprint density at radius 3 is 2.38 bits per heavy atom. The zero-order valence-corrected chi connectivity index (χ0v) is 19.4. The quantitative estimate of drug-likeness (QED) is 0.262. The van der Waals surface area contributed by atoms with E-state index in [0.29, 0.717) is 18.3 Å². The van der Waals surface area contributed by atoms with Crippen LogP contribution in [0, 0.1) is 0 Å². The van der Waals surface area contributed by atoms with Gasteiger partial charge in [0.05, 0.1) is 18.3 Å². The first-order valence-corrected chi connectivity index (χ1v) is 10.1. The number of ether oxygens (including phenoxy) is 2. The highest BCUT2D eigenvalue weighted by Crippen LogP contribution is 2.14. The fraction of sp³-hybridized carbons (Fsp3) is 0.947. The Morgan fingerprint density at radius 1 is 1.15 bits per heavy atom.